The molecule has 0 spiro atoms. The average molecular weight is 284 g/mol. The smallest absolute Gasteiger partial charge is 0.260 e. The normalized spacial score (nSPS) is 10.8. The minimum Gasteiger partial charge on any atom is -0.398 e. The summed E-state index contributed by atoms with van der Waals surface area (Å²) < 4.78 is 0. The van der Waals surface area contributed by atoms with Crippen molar-refractivity contribution in [1.29, 1.82) is 0 Å². The van der Waals surface area contributed by atoms with Crippen LogP contribution in [0.3, 0.4) is 0 Å². The summed E-state index contributed by atoms with van der Waals surface area (Å²) in [7, 11) is 0. The molecule has 3 aromatic rings. The van der Waals surface area contributed by atoms with Crippen LogP contribution in [-0.2, 0) is 0 Å². The van der Waals surface area contributed by atoms with Crippen LogP contribution in [0.25, 0.3) is 27.3 Å². The highest BCUT2D eigenvalue weighted by Crippen LogP contribution is 2.30. The highest BCUT2D eigenvalue weighted by molar-refractivity contribution is 7.19. The van der Waals surface area contributed by atoms with E-state index in [9.17, 15) is 4.79 Å². The van der Waals surface area contributed by atoms with Crippen LogP contribution in [0.15, 0.2) is 35.9 Å². The van der Waals surface area contributed by atoms with Gasteiger partial charge in [0, 0.05) is 23.7 Å². The minimum absolute atomic E-state index is 0.164. The standard InChI is InChI=1S/C14H12N4OS/c1-7-10-13(19)17-12(9-3-5-16-6-4-9)18-14(10)20-11(7)8(2)15/h3-6H,2,15H2,1H3,(H,17,18,19). The Bertz CT molecular complexity index is 864. The molecule has 0 amide bonds. The second kappa shape index (κ2) is 4.57. The molecule has 0 aliphatic carbocycles. The van der Waals surface area contributed by atoms with Gasteiger partial charge in [-0.2, -0.15) is 0 Å². The van der Waals surface area contributed by atoms with Gasteiger partial charge in [-0.1, -0.05) is 6.58 Å². The lowest BCUT2D eigenvalue weighted by molar-refractivity contribution is 1.18. The first kappa shape index (κ1) is 12.6. The third kappa shape index (κ3) is 1.90. The number of thiophene rings is 1. The number of nitrogens with one attached hydrogen (secondary N) is 1. The Morgan fingerprint density at radius 1 is 1.40 bits per heavy atom. The summed E-state index contributed by atoms with van der Waals surface area (Å²) in [5.41, 5.74) is 7.68. The Morgan fingerprint density at radius 2 is 2.10 bits per heavy atom. The van der Waals surface area contributed by atoms with Crippen LogP contribution in [-0.4, -0.2) is 15.0 Å². The molecule has 3 heterocycles. The molecule has 0 radical (unpaired) electrons. The lowest BCUT2D eigenvalue weighted by atomic mass is 10.2. The monoisotopic (exact) mass is 284 g/mol. The number of aromatic amines is 1. The van der Waals surface area contributed by atoms with Crippen molar-refractivity contribution in [1.82, 2.24) is 15.0 Å². The van der Waals surface area contributed by atoms with Crippen molar-refractivity contribution in [3.8, 4) is 11.4 Å². The van der Waals surface area contributed by atoms with E-state index in [4.69, 9.17) is 5.73 Å². The number of pyridine rings is 1. The first-order valence-electron chi connectivity index (χ1n) is 5.96. The van der Waals surface area contributed by atoms with E-state index in [2.05, 4.69) is 21.5 Å². The van der Waals surface area contributed by atoms with Crippen molar-refractivity contribution >= 4 is 27.3 Å². The van der Waals surface area contributed by atoms with Crippen LogP contribution in [0.5, 0.6) is 0 Å². The fourth-order valence-corrected chi connectivity index (χ4v) is 3.16. The number of nitrogens with two attached hydrogens (primary N) is 1. The Hall–Kier alpha value is -2.47. The second-order valence-electron chi connectivity index (χ2n) is 4.41. The van der Waals surface area contributed by atoms with Gasteiger partial charge in [-0.15, -0.1) is 11.3 Å². The van der Waals surface area contributed by atoms with E-state index in [0.717, 1.165) is 16.0 Å². The summed E-state index contributed by atoms with van der Waals surface area (Å²) in [5.74, 6) is 0.528. The van der Waals surface area contributed by atoms with Gasteiger partial charge in [-0.25, -0.2) is 4.98 Å². The first-order valence-corrected chi connectivity index (χ1v) is 6.78. The fraction of sp³-hybridized carbons (Fsp3) is 0.0714. The summed E-state index contributed by atoms with van der Waals surface area (Å²) in [5, 5.41) is 0.578. The molecule has 3 N–H and O–H groups in total. The highest BCUT2D eigenvalue weighted by atomic mass is 32.1. The number of H-pyrrole nitrogens is 1. The molecule has 3 aromatic heterocycles. The molecule has 0 aromatic carbocycles. The molecule has 3 rings (SSSR count). The zero-order valence-corrected chi connectivity index (χ0v) is 11.6. The van der Waals surface area contributed by atoms with Crippen molar-refractivity contribution < 1.29 is 0 Å². The number of fused-ring (bicyclic) bond motifs is 1. The quantitative estimate of drug-likeness (QED) is 0.756. The van der Waals surface area contributed by atoms with Crippen LogP contribution >= 0.6 is 11.3 Å². The molecule has 0 aliphatic heterocycles. The van der Waals surface area contributed by atoms with Crippen molar-refractivity contribution in [3.05, 3.63) is 51.9 Å². The van der Waals surface area contributed by atoms with Gasteiger partial charge in [-0.3, -0.25) is 9.78 Å². The van der Waals surface area contributed by atoms with Crippen LogP contribution in [0.2, 0.25) is 0 Å². The van der Waals surface area contributed by atoms with Gasteiger partial charge in [0.1, 0.15) is 10.7 Å². The van der Waals surface area contributed by atoms with Crippen LogP contribution < -0.4 is 11.3 Å². The zero-order chi connectivity index (χ0) is 14.3. The summed E-state index contributed by atoms with van der Waals surface area (Å²) in [6.45, 7) is 5.59. The molecule has 6 heteroatoms. The maximum absolute atomic E-state index is 12.3. The molecule has 0 bridgehead atoms. The molecule has 0 unspecified atom stereocenters. The number of aryl methyl sites for hydroxylation is 1. The predicted molar refractivity (Wildman–Crippen MR) is 81.4 cm³/mol. The molecule has 0 atom stereocenters. The van der Waals surface area contributed by atoms with Crippen molar-refractivity contribution in [2.24, 2.45) is 5.73 Å². The van der Waals surface area contributed by atoms with Crippen LogP contribution in [0.4, 0.5) is 0 Å². The van der Waals surface area contributed by atoms with E-state index < -0.39 is 0 Å². The van der Waals surface area contributed by atoms with E-state index in [-0.39, 0.29) is 5.56 Å². The van der Waals surface area contributed by atoms with E-state index in [0.29, 0.717) is 21.7 Å². The van der Waals surface area contributed by atoms with Gasteiger partial charge < -0.3 is 10.7 Å². The predicted octanol–water partition coefficient (Wildman–Crippen LogP) is 2.28. The van der Waals surface area contributed by atoms with Gasteiger partial charge in [0.05, 0.1) is 10.3 Å². The Labute approximate surface area is 118 Å². The summed E-state index contributed by atoms with van der Waals surface area (Å²) in [6.07, 6.45) is 3.32. The number of hydrogen-bond donors (Lipinski definition) is 2. The van der Waals surface area contributed by atoms with Gasteiger partial charge in [0.15, 0.2) is 0 Å². The summed E-state index contributed by atoms with van der Waals surface area (Å²) in [4.78, 5) is 25.0. The molecule has 100 valence electrons. The Balaban J connectivity index is 2.31. The molecule has 20 heavy (non-hydrogen) atoms. The molecule has 0 fully saturated rings. The Kier molecular flexibility index (Phi) is 2.87. The third-order valence-electron chi connectivity index (χ3n) is 3.05. The molecule has 0 saturated carbocycles. The Morgan fingerprint density at radius 3 is 2.75 bits per heavy atom. The van der Waals surface area contributed by atoms with Crippen molar-refractivity contribution in [2.45, 2.75) is 6.92 Å². The molecule has 5 nitrogen and oxygen atoms in total. The number of hydrogen-bond acceptors (Lipinski definition) is 5. The molecule has 0 aliphatic rings. The second-order valence-corrected chi connectivity index (χ2v) is 5.41. The van der Waals surface area contributed by atoms with Gasteiger partial charge in [0.2, 0.25) is 0 Å². The third-order valence-corrected chi connectivity index (χ3v) is 4.31. The van der Waals surface area contributed by atoms with Crippen LogP contribution in [0.1, 0.15) is 10.4 Å². The van der Waals surface area contributed by atoms with E-state index in [1.54, 1.807) is 24.5 Å². The number of rotatable bonds is 2. The molecular formula is C14H12N4OS. The van der Waals surface area contributed by atoms with E-state index >= 15 is 0 Å². The number of aromatic nitrogens is 3. The summed E-state index contributed by atoms with van der Waals surface area (Å²) in [6, 6.07) is 3.60. The maximum atomic E-state index is 12.3. The summed E-state index contributed by atoms with van der Waals surface area (Å²) >= 11 is 1.38. The minimum atomic E-state index is -0.164. The lowest BCUT2D eigenvalue weighted by Gasteiger charge is -2.00. The fourth-order valence-electron chi connectivity index (χ4n) is 2.10. The van der Waals surface area contributed by atoms with Gasteiger partial charge in [0.25, 0.3) is 5.56 Å². The molecular weight excluding hydrogens is 272 g/mol. The van der Waals surface area contributed by atoms with Crippen molar-refractivity contribution in [3.63, 3.8) is 0 Å². The lowest BCUT2D eigenvalue weighted by Crippen LogP contribution is -2.09. The highest BCUT2D eigenvalue weighted by Gasteiger charge is 2.15. The van der Waals surface area contributed by atoms with Gasteiger partial charge in [-0.05, 0) is 24.6 Å². The van der Waals surface area contributed by atoms with Crippen molar-refractivity contribution in [2.75, 3.05) is 0 Å². The zero-order valence-electron chi connectivity index (χ0n) is 10.8. The molecule has 0 saturated heterocycles. The van der Waals surface area contributed by atoms with E-state index in [1.807, 2.05) is 6.92 Å². The van der Waals surface area contributed by atoms with E-state index in [1.165, 1.54) is 11.3 Å². The van der Waals surface area contributed by atoms with Crippen LogP contribution in [0, 0.1) is 6.92 Å². The maximum Gasteiger partial charge on any atom is 0.260 e. The largest absolute Gasteiger partial charge is 0.398 e. The first-order chi connectivity index (χ1) is 9.58. The average Bonchev–Trinajstić information content (AvgIpc) is 2.77. The van der Waals surface area contributed by atoms with Gasteiger partial charge >= 0.3 is 0 Å². The SMILES string of the molecule is C=C(N)c1sc2nc(-c3ccncc3)[nH]c(=O)c2c1C. The topological polar surface area (TPSA) is 84.7 Å². The number of nitrogens with zero attached hydrogens (tertiary/aromatic N) is 2.